The molecular formula is C23H26ClNO3. The van der Waals surface area contributed by atoms with Gasteiger partial charge in [-0.25, -0.2) is 0 Å². The highest BCUT2D eigenvalue weighted by Gasteiger charge is 2.40. The molecule has 4 rings (SSSR count). The number of halogens is 1. The number of para-hydroxylation sites is 1. The van der Waals surface area contributed by atoms with Gasteiger partial charge in [-0.2, -0.15) is 0 Å². The normalized spacial score (nSPS) is 20.5. The van der Waals surface area contributed by atoms with Crippen LogP contribution >= 0.6 is 11.6 Å². The summed E-state index contributed by atoms with van der Waals surface area (Å²) in [4.78, 5) is 14.2. The average Bonchev–Trinajstić information content (AvgIpc) is 3.07. The van der Waals surface area contributed by atoms with E-state index in [1.807, 2.05) is 30.3 Å². The third-order valence-electron chi connectivity index (χ3n) is 5.70. The van der Waals surface area contributed by atoms with Crippen LogP contribution in [0.15, 0.2) is 42.5 Å². The number of benzene rings is 2. The molecule has 0 bridgehead atoms. The molecule has 0 aliphatic carbocycles. The molecule has 2 aromatic carbocycles. The zero-order valence-electron chi connectivity index (χ0n) is 16.2. The quantitative estimate of drug-likeness (QED) is 0.460. The Morgan fingerprint density at radius 3 is 2.68 bits per heavy atom. The molecule has 2 aromatic rings. The molecule has 0 N–H and O–H groups in total. The van der Waals surface area contributed by atoms with Crippen molar-refractivity contribution >= 4 is 17.6 Å². The van der Waals surface area contributed by atoms with Crippen LogP contribution in [0.25, 0.3) is 0 Å². The van der Waals surface area contributed by atoms with Crippen LogP contribution in [0.5, 0.6) is 11.5 Å². The Kier molecular flexibility index (Phi) is 5.88. The van der Waals surface area contributed by atoms with E-state index in [2.05, 4.69) is 24.0 Å². The number of unbranched alkanes of at least 4 members (excludes halogenated alkanes) is 2. The molecular weight excluding hydrogens is 374 g/mol. The van der Waals surface area contributed by atoms with E-state index in [0.29, 0.717) is 18.2 Å². The van der Waals surface area contributed by atoms with Gasteiger partial charge >= 0.3 is 5.97 Å². The smallest absolute Gasteiger partial charge is 0.307 e. The van der Waals surface area contributed by atoms with Gasteiger partial charge in [0.25, 0.3) is 0 Å². The third-order valence-corrected chi connectivity index (χ3v) is 5.93. The topological polar surface area (TPSA) is 38.8 Å². The number of hydrogen-bond donors (Lipinski definition) is 0. The van der Waals surface area contributed by atoms with E-state index in [1.165, 1.54) is 5.56 Å². The average molecular weight is 400 g/mol. The number of fused-ring (bicyclic) bond motifs is 5. The van der Waals surface area contributed by atoms with Crippen molar-refractivity contribution in [2.75, 3.05) is 19.8 Å². The van der Waals surface area contributed by atoms with Gasteiger partial charge in [0.2, 0.25) is 0 Å². The molecule has 5 heteroatoms. The molecule has 2 atom stereocenters. The summed E-state index contributed by atoms with van der Waals surface area (Å²) < 4.78 is 11.8. The van der Waals surface area contributed by atoms with Gasteiger partial charge in [-0.3, -0.25) is 9.69 Å². The fraction of sp³-hybridized carbons (Fsp3) is 0.435. The summed E-state index contributed by atoms with van der Waals surface area (Å²) in [6.45, 7) is 4.12. The zero-order chi connectivity index (χ0) is 19.5. The van der Waals surface area contributed by atoms with Gasteiger partial charge in [0.05, 0.1) is 0 Å². The number of esters is 1. The van der Waals surface area contributed by atoms with Crippen molar-refractivity contribution in [1.82, 2.24) is 4.90 Å². The first-order valence-corrected chi connectivity index (χ1v) is 10.5. The Labute approximate surface area is 171 Å². The van der Waals surface area contributed by atoms with Crippen LogP contribution in [-0.4, -0.2) is 30.7 Å². The van der Waals surface area contributed by atoms with E-state index < -0.39 is 0 Å². The molecule has 1 saturated heterocycles. The molecule has 0 aromatic heterocycles. The van der Waals surface area contributed by atoms with E-state index in [4.69, 9.17) is 21.1 Å². The first-order chi connectivity index (χ1) is 13.7. The highest BCUT2D eigenvalue weighted by molar-refractivity contribution is 6.30. The first kappa shape index (κ1) is 19.3. The maximum Gasteiger partial charge on any atom is 0.307 e. The van der Waals surface area contributed by atoms with Crippen LogP contribution in [0, 0.1) is 0 Å². The predicted octanol–water partition coefficient (Wildman–Crippen LogP) is 5.71. The van der Waals surface area contributed by atoms with Gasteiger partial charge in [0.15, 0.2) is 0 Å². The lowest BCUT2D eigenvalue weighted by atomic mass is 9.84. The number of carbonyl (C=O) groups is 1. The zero-order valence-corrected chi connectivity index (χ0v) is 17.0. The van der Waals surface area contributed by atoms with Crippen molar-refractivity contribution < 1.29 is 14.3 Å². The number of ether oxygens (including phenoxy) is 2. The second-order valence-corrected chi connectivity index (χ2v) is 8.11. The standard InChI is InChI=1S/C23H26ClNO3/c1-2-3-4-9-23(26)27-15-25-13-19-17-7-5-6-8-21(17)28-22-11-10-16(24)12-18(22)20(19)14-25/h5-8,10-12,19-20H,2-4,9,13-15H2,1H3. The van der Waals surface area contributed by atoms with E-state index in [0.717, 1.165) is 49.4 Å². The monoisotopic (exact) mass is 399 g/mol. The van der Waals surface area contributed by atoms with Crippen molar-refractivity contribution in [3.63, 3.8) is 0 Å². The lowest BCUT2D eigenvalue weighted by Gasteiger charge is -2.17. The largest absolute Gasteiger partial charge is 0.457 e. The molecule has 148 valence electrons. The molecule has 4 nitrogen and oxygen atoms in total. The van der Waals surface area contributed by atoms with Gasteiger partial charge in [-0.1, -0.05) is 49.6 Å². The maximum absolute atomic E-state index is 12.0. The molecule has 28 heavy (non-hydrogen) atoms. The van der Waals surface area contributed by atoms with E-state index in [-0.39, 0.29) is 17.8 Å². The van der Waals surface area contributed by atoms with Crippen molar-refractivity contribution in [2.45, 2.75) is 44.4 Å². The van der Waals surface area contributed by atoms with Crippen LogP contribution in [-0.2, 0) is 9.53 Å². The highest BCUT2D eigenvalue weighted by atomic mass is 35.5. The summed E-state index contributed by atoms with van der Waals surface area (Å²) in [5.41, 5.74) is 2.34. The number of carbonyl (C=O) groups excluding carboxylic acids is 1. The van der Waals surface area contributed by atoms with Gasteiger partial charge in [0, 0.05) is 41.9 Å². The number of hydrogen-bond acceptors (Lipinski definition) is 4. The summed E-state index contributed by atoms with van der Waals surface area (Å²) in [6.07, 6.45) is 3.57. The van der Waals surface area contributed by atoms with Crippen molar-refractivity contribution in [3.8, 4) is 11.5 Å². The number of nitrogens with zero attached hydrogens (tertiary/aromatic N) is 1. The Morgan fingerprint density at radius 1 is 1.11 bits per heavy atom. The lowest BCUT2D eigenvalue weighted by molar-refractivity contribution is -0.148. The third kappa shape index (κ3) is 4.03. The molecule has 2 aliphatic heterocycles. The Bertz CT molecular complexity index is 853. The minimum Gasteiger partial charge on any atom is -0.457 e. The van der Waals surface area contributed by atoms with Gasteiger partial charge < -0.3 is 9.47 Å². The summed E-state index contributed by atoms with van der Waals surface area (Å²) in [7, 11) is 0. The Morgan fingerprint density at radius 2 is 1.86 bits per heavy atom. The molecule has 0 saturated carbocycles. The highest BCUT2D eigenvalue weighted by Crippen LogP contribution is 2.50. The van der Waals surface area contributed by atoms with Crippen LogP contribution < -0.4 is 4.74 Å². The second-order valence-electron chi connectivity index (χ2n) is 7.67. The number of likely N-dealkylation sites (tertiary alicyclic amines) is 1. The molecule has 2 unspecified atom stereocenters. The molecule has 1 fully saturated rings. The van der Waals surface area contributed by atoms with E-state index >= 15 is 0 Å². The Hall–Kier alpha value is -2.04. The summed E-state index contributed by atoms with van der Waals surface area (Å²) in [5.74, 6) is 2.21. The fourth-order valence-corrected chi connectivity index (χ4v) is 4.46. The van der Waals surface area contributed by atoms with E-state index in [9.17, 15) is 4.79 Å². The molecule has 0 spiro atoms. The van der Waals surface area contributed by atoms with Crippen LogP contribution in [0.1, 0.15) is 55.6 Å². The molecule has 0 amide bonds. The fourth-order valence-electron chi connectivity index (χ4n) is 4.28. The van der Waals surface area contributed by atoms with Crippen molar-refractivity contribution in [2.24, 2.45) is 0 Å². The molecule has 0 radical (unpaired) electrons. The van der Waals surface area contributed by atoms with E-state index in [1.54, 1.807) is 0 Å². The summed E-state index contributed by atoms with van der Waals surface area (Å²) in [5, 5.41) is 0.716. The minimum absolute atomic E-state index is 0.104. The second kappa shape index (κ2) is 8.54. The Balaban J connectivity index is 1.52. The van der Waals surface area contributed by atoms with Crippen LogP contribution in [0.2, 0.25) is 5.02 Å². The lowest BCUT2D eigenvalue weighted by Crippen LogP contribution is -2.26. The van der Waals surface area contributed by atoms with Crippen LogP contribution in [0.4, 0.5) is 0 Å². The maximum atomic E-state index is 12.0. The van der Waals surface area contributed by atoms with Gasteiger partial charge in [-0.15, -0.1) is 0 Å². The number of rotatable bonds is 6. The van der Waals surface area contributed by atoms with Gasteiger partial charge in [-0.05, 0) is 36.2 Å². The minimum atomic E-state index is -0.104. The van der Waals surface area contributed by atoms with Gasteiger partial charge in [0.1, 0.15) is 18.2 Å². The molecule has 2 aliphatic rings. The summed E-state index contributed by atoms with van der Waals surface area (Å²) >= 11 is 6.29. The predicted molar refractivity (Wildman–Crippen MR) is 110 cm³/mol. The van der Waals surface area contributed by atoms with Crippen molar-refractivity contribution in [3.05, 3.63) is 58.6 Å². The molecule has 2 heterocycles. The van der Waals surface area contributed by atoms with Crippen LogP contribution in [0.3, 0.4) is 0 Å². The summed E-state index contributed by atoms with van der Waals surface area (Å²) in [6, 6.07) is 14.0. The van der Waals surface area contributed by atoms with Crippen molar-refractivity contribution in [1.29, 1.82) is 0 Å². The first-order valence-electron chi connectivity index (χ1n) is 10.1. The SMILES string of the molecule is CCCCCC(=O)OCN1CC2c3ccccc3Oc3ccc(Cl)cc3C2C1.